The number of thiophene rings is 2. The van der Waals surface area contributed by atoms with Gasteiger partial charge in [-0.2, -0.15) is 5.10 Å². The van der Waals surface area contributed by atoms with E-state index >= 15 is 0 Å². The van der Waals surface area contributed by atoms with Crippen LogP contribution in [0.2, 0.25) is 0 Å². The topological polar surface area (TPSA) is 41.9 Å². The standard InChI is InChI=1S/C24H21FN2O2S2/c25-19-9-1-2-10-20(19)29-15-22(28)27-24(21-11-5-13-31-21)18-8-3-6-16(23(18)26-27)14-17-7-4-12-30-17/h1-2,4-5,7,9-14,18,24H,3,6,8,15H2/b16-14-/t18-,24+/m0/s1. The molecule has 0 bridgehead atoms. The van der Waals surface area contributed by atoms with Gasteiger partial charge < -0.3 is 4.74 Å². The second-order valence-electron chi connectivity index (χ2n) is 7.59. The third-order valence-electron chi connectivity index (χ3n) is 5.64. The molecule has 5 rings (SSSR count). The van der Waals surface area contributed by atoms with Crippen LogP contribution in [-0.4, -0.2) is 23.2 Å². The van der Waals surface area contributed by atoms with E-state index in [1.807, 2.05) is 17.5 Å². The van der Waals surface area contributed by atoms with E-state index < -0.39 is 5.82 Å². The zero-order valence-corrected chi connectivity index (χ0v) is 18.4. The second-order valence-corrected chi connectivity index (χ2v) is 9.55. The highest BCUT2D eigenvalue weighted by molar-refractivity contribution is 7.11. The average molecular weight is 453 g/mol. The van der Waals surface area contributed by atoms with Crippen LogP contribution in [-0.2, 0) is 4.79 Å². The quantitative estimate of drug-likeness (QED) is 0.466. The van der Waals surface area contributed by atoms with Gasteiger partial charge in [-0.05, 0) is 65.9 Å². The van der Waals surface area contributed by atoms with Crippen molar-refractivity contribution in [3.05, 3.63) is 80.4 Å². The molecule has 1 aliphatic heterocycles. The fraction of sp³-hybridized carbons (Fsp3) is 0.250. The first-order valence-electron chi connectivity index (χ1n) is 10.3. The lowest BCUT2D eigenvalue weighted by Crippen LogP contribution is -2.34. The van der Waals surface area contributed by atoms with Crippen molar-refractivity contribution in [1.29, 1.82) is 0 Å². The summed E-state index contributed by atoms with van der Waals surface area (Å²) in [6.45, 7) is -0.254. The molecule has 31 heavy (non-hydrogen) atoms. The van der Waals surface area contributed by atoms with Gasteiger partial charge in [0.1, 0.15) is 0 Å². The van der Waals surface area contributed by atoms with E-state index in [2.05, 4.69) is 23.6 Å². The Labute approximate surface area is 188 Å². The molecule has 7 heteroatoms. The van der Waals surface area contributed by atoms with Crippen molar-refractivity contribution >= 4 is 40.4 Å². The zero-order chi connectivity index (χ0) is 21.2. The number of hydrogen-bond donors (Lipinski definition) is 0. The molecule has 3 heterocycles. The molecule has 4 nitrogen and oxygen atoms in total. The first-order chi connectivity index (χ1) is 15.2. The predicted molar refractivity (Wildman–Crippen MR) is 123 cm³/mol. The Kier molecular flexibility index (Phi) is 5.70. The Morgan fingerprint density at radius 2 is 2.00 bits per heavy atom. The number of ether oxygens (including phenoxy) is 1. The Balaban J connectivity index is 1.44. The minimum atomic E-state index is -0.479. The highest BCUT2D eigenvalue weighted by Crippen LogP contribution is 2.45. The van der Waals surface area contributed by atoms with Crippen LogP contribution in [0.4, 0.5) is 4.39 Å². The number of fused-ring (bicyclic) bond motifs is 1. The second kappa shape index (κ2) is 8.77. The molecule has 2 aromatic heterocycles. The SMILES string of the molecule is O=C(COc1ccccc1F)N1N=C2/C(=C\c3cccs3)CCC[C@@H]2[C@@H]1c1cccs1. The summed E-state index contributed by atoms with van der Waals surface area (Å²) in [4.78, 5) is 15.5. The Hall–Kier alpha value is -2.77. The molecule has 0 unspecified atom stereocenters. The highest BCUT2D eigenvalue weighted by Gasteiger charge is 2.44. The maximum Gasteiger partial charge on any atom is 0.281 e. The van der Waals surface area contributed by atoms with Gasteiger partial charge in [-0.3, -0.25) is 4.79 Å². The number of carbonyl (C=O) groups excluding carboxylic acids is 1. The Morgan fingerprint density at radius 1 is 1.16 bits per heavy atom. The van der Waals surface area contributed by atoms with Gasteiger partial charge in [0, 0.05) is 15.7 Å². The molecular weight excluding hydrogens is 431 g/mol. The molecule has 0 N–H and O–H groups in total. The monoisotopic (exact) mass is 452 g/mol. The van der Waals surface area contributed by atoms with Gasteiger partial charge >= 0.3 is 0 Å². The summed E-state index contributed by atoms with van der Waals surface area (Å²) in [6.07, 6.45) is 5.21. The van der Waals surface area contributed by atoms with Gasteiger partial charge in [0.05, 0.1) is 11.8 Å². The van der Waals surface area contributed by atoms with Crippen molar-refractivity contribution in [3.8, 4) is 5.75 Å². The number of allylic oxidation sites excluding steroid dienone is 1. The first-order valence-corrected chi connectivity index (χ1v) is 12.0. The Morgan fingerprint density at radius 3 is 2.77 bits per heavy atom. The normalized spacial score (nSPS) is 21.8. The fourth-order valence-electron chi connectivity index (χ4n) is 4.26. The number of carbonyl (C=O) groups is 1. The molecule has 3 aromatic rings. The number of nitrogens with zero attached hydrogens (tertiary/aromatic N) is 2. The molecule has 1 saturated carbocycles. The molecule has 0 radical (unpaired) electrons. The van der Waals surface area contributed by atoms with Crippen LogP contribution < -0.4 is 4.74 Å². The number of halogens is 1. The number of hydrazone groups is 1. The van der Waals surface area contributed by atoms with Crippen LogP contribution >= 0.6 is 22.7 Å². The number of hydrogen-bond acceptors (Lipinski definition) is 5. The Bertz CT molecular complexity index is 1120. The van der Waals surface area contributed by atoms with Crippen LogP contribution in [0.3, 0.4) is 0 Å². The largest absolute Gasteiger partial charge is 0.481 e. The van der Waals surface area contributed by atoms with Crippen molar-refractivity contribution in [1.82, 2.24) is 5.01 Å². The first kappa shape index (κ1) is 20.2. The number of benzene rings is 1. The maximum absolute atomic E-state index is 13.9. The summed E-state index contributed by atoms with van der Waals surface area (Å²) in [7, 11) is 0. The van der Waals surface area contributed by atoms with Crippen molar-refractivity contribution in [2.75, 3.05) is 6.61 Å². The van der Waals surface area contributed by atoms with E-state index in [0.29, 0.717) is 0 Å². The fourth-order valence-corrected chi connectivity index (χ4v) is 5.81. The molecule has 2 aliphatic rings. The van der Waals surface area contributed by atoms with Crippen molar-refractivity contribution in [3.63, 3.8) is 0 Å². The number of para-hydroxylation sites is 1. The molecule has 0 spiro atoms. The van der Waals surface area contributed by atoms with E-state index in [0.717, 1.165) is 29.9 Å². The predicted octanol–water partition coefficient (Wildman–Crippen LogP) is 6.15. The van der Waals surface area contributed by atoms with E-state index in [-0.39, 0.29) is 30.2 Å². The van der Waals surface area contributed by atoms with E-state index in [9.17, 15) is 9.18 Å². The van der Waals surface area contributed by atoms with Gasteiger partial charge in [-0.15, -0.1) is 22.7 Å². The number of amides is 1. The average Bonchev–Trinajstić information content (AvgIpc) is 3.53. The lowest BCUT2D eigenvalue weighted by molar-refractivity contribution is -0.135. The smallest absolute Gasteiger partial charge is 0.281 e. The third kappa shape index (κ3) is 4.07. The maximum atomic E-state index is 13.9. The highest BCUT2D eigenvalue weighted by atomic mass is 32.1. The van der Waals surface area contributed by atoms with E-state index in [4.69, 9.17) is 9.84 Å². The van der Waals surface area contributed by atoms with E-state index in [1.54, 1.807) is 39.8 Å². The van der Waals surface area contributed by atoms with Crippen LogP contribution in [0, 0.1) is 11.7 Å². The minimum absolute atomic E-state index is 0.0751. The molecule has 2 atom stereocenters. The van der Waals surface area contributed by atoms with Gasteiger partial charge in [-0.1, -0.05) is 24.3 Å². The van der Waals surface area contributed by atoms with Gasteiger partial charge in [-0.25, -0.2) is 9.40 Å². The van der Waals surface area contributed by atoms with Crippen LogP contribution in [0.15, 0.2) is 70.0 Å². The van der Waals surface area contributed by atoms with Gasteiger partial charge in [0.15, 0.2) is 18.2 Å². The molecule has 1 aliphatic carbocycles. The molecular formula is C24H21FN2O2S2. The summed E-state index contributed by atoms with van der Waals surface area (Å²) >= 11 is 3.33. The summed E-state index contributed by atoms with van der Waals surface area (Å²) in [5.41, 5.74) is 2.20. The zero-order valence-electron chi connectivity index (χ0n) is 16.7. The van der Waals surface area contributed by atoms with E-state index in [1.165, 1.54) is 22.6 Å². The minimum Gasteiger partial charge on any atom is -0.481 e. The van der Waals surface area contributed by atoms with Crippen molar-refractivity contribution < 1.29 is 13.9 Å². The summed E-state index contributed by atoms with van der Waals surface area (Å²) in [5, 5.41) is 10.5. The van der Waals surface area contributed by atoms with Crippen molar-refractivity contribution in [2.45, 2.75) is 25.3 Å². The number of rotatable bonds is 5. The lowest BCUT2D eigenvalue weighted by Gasteiger charge is -2.28. The lowest BCUT2D eigenvalue weighted by atomic mass is 9.79. The molecule has 158 valence electrons. The van der Waals surface area contributed by atoms with Crippen LogP contribution in [0.1, 0.15) is 35.1 Å². The molecule has 1 amide bonds. The summed E-state index contributed by atoms with van der Waals surface area (Å²) in [6, 6.07) is 14.2. The van der Waals surface area contributed by atoms with Crippen LogP contribution in [0.25, 0.3) is 6.08 Å². The molecule has 1 aromatic carbocycles. The van der Waals surface area contributed by atoms with Crippen LogP contribution in [0.5, 0.6) is 5.75 Å². The summed E-state index contributed by atoms with van der Waals surface area (Å²) < 4.78 is 19.4. The van der Waals surface area contributed by atoms with Gasteiger partial charge in [0.25, 0.3) is 5.91 Å². The van der Waals surface area contributed by atoms with Gasteiger partial charge in [0.2, 0.25) is 0 Å². The molecule has 0 saturated heterocycles. The molecule has 1 fully saturated rings. The van der Waals surface area contributed by atoms with Crippen molar-refractivity contribution in [2.24, 2.45) is 11.0 Å². The summed E-state index contributed by atoms with van der Waals surface area (Å²) in [5.74, 6) is -0.506. The third-order valence-corrected chi connectivity index (χ3v) is 7.40.